The van der Waals surface area contributed by atoms with Gasteiger partial charge in [-0.3, -0.25) is 0 Å². The quantitative estimate of drug-likeness (QED) is 0.522. The monoisotopic (exact) mass is 330 g/mol. The first-order valence-corrected chi connectivity index (χ1v) is 7.66. The molecule has 2 aromatic carbocycles. The molecule has 0 atom stereocenters. The molecule has 0 fully saturated rings. The van der Waals surface area contributed by atoms with Crippen molar-refractivity contribution in [2.45, 2.75) is 0 Å². The Hall–Kier alpha value is -2.46. The highest BCUT2D eigenvalue weighted by Gasteiger charge is 2.13. The average Bonchev–Trinajstić information content (AvgIpc) is 2.59. The SMILES string of the molecule is COc1cc2oc(=O)cc(-c3ccccc3)c2cc1OCCCl. The third-order valence-corrected chi connectivity index (χ3v) is 3.60. The van der Waals surface area contributed by atoms with Gasteiger partial charge in [-0.05, 0) is 17.2 Å². The predicted octanol–water partition coefficient (Wildman–Crippen LogP) is 4.09. The molecule has 3 aromatic rings. The van der Waals surface area contributed by atoms with E-state index in [-0.39, 0.29) is 0 Å². The van der Waals surface area contributed by atoms with E-state index in [1.54, 1.807) is 6.07 Å². The third-order valence-electron chi connectivity index (χ3n) is 3.45. The van der Waals surface area contributed by atoms with E-state index in [0.717, 1.165) is 16.5 Å². The van der Waals surface area contributed by atoms with E-state index in [2.05, 4.69) is 0 Å². The highest BCUT2D eigenvalue weighted by molar-refractivity contribution is 6.18. The van der Waals surface area contributed by atoms with Crippen LogP contribution < -0.4 is 15.1 Å². The fourth-order valence-electron chi connectivity index (χ4n) is 2.45. The predicted molar refractivity (Wildman–Crippen MR) is 90.7 cm³/mol. The van der Waals surface area contributed by atoms with E-state index in [1.165, 1.54) is 13.2 Å². The van der Waals surface area contributed by atoms with E-state index >= 15 is 0 Å². The number of rotatable bonds is 5. The molecule has 0 saturated carbocycles. The smallest absolute Gasteiger partial charge is 0.336 e. The summed E-state index contributed by atoms with van der Waals surface area (Å²) in [6, 6.07) is 14.6. The van der Waals surface area contributed by atoms with Crippen LogP contribution in [0.1, 0.15) is 0 Å². The van der Waals surface area contributed by atoms with Crippen LogP contribution in [0.5, 0.6) is 11.5 Å². The lowest BCUT2D eigenvalue weighted by Crippen LogP contribution is -2.02. The van der Waals surface area contributed by atoms with Gasteiger partial charge in [-0.25, -0.2) is 4.79 Å². The molecule has 0 aliphatic heterocycles. The fraction of sp³-hybridized carbons (Fsp3) is 0.167. The van der Waals surface area contributed by atoms with Crippen LogP contribution >= 0.6 is 11.6 Å². The van der Waals surface area contributed by atoms with E-state index < -0.39 is 5.63 Å². The van der Waals surface area contributed by atoms with Gasteiger partial charge >= 0.3 is 5.63 Å². The second kappa shape index (κ2) is 6.75. The van der Waals surface area contributed by atoms with Crippen molar-refractivity contribution in [1.29, 1.82) is 0 Å². The number of hydrogen-bond acceptors (Lipinski definition) is 4. The van der Waals surface area contributed by atoms with Gasteiger partial charge in [0.2, 0.25) is 0 Å². The first-order chi connectivity index (χ1) is 11.2. The van der Waals surface area contributed by atoms with Crippen molar-refractivity contribution in [3.8, 4) is 22.6 Å². The van der Waals surface area contributed by atoms with Gasteiger partial charge < -0.3 is 13.9 Å². The Bertz CT molecular complexity index is 871. The molecule has 1 aromatic heterocycles. The van der Waals surface area contributed by atoms with E-state index in [9.17, 15) is 4.79 Å². The first-order valence-electron chi connectivity index (χ1n) is 7.13. The van der Waals surface area contributed by atoms with Gasteiger partial charge in [0.25, 0.3) is 0 Å². The maximum Gasteiger partial charge on any atom is 0.336 e. The Morgan fingerprint density at radius 2 is 1.87 bits per heavy atom. The Labute approximate surface area is 138 Å². The molecular formula is C18H15ClO4. The summed E-state index contributed by atoms with van der Waals surface area (Å²) in [7, 11) is 1.54. The normalized spacial score (nSPS) is 10.7. The van der Waals surface area contributed by atoms with Crippen molar-refractivity contribution in [3.63, 3.8) is 0 Å². The number of halogens is 1. The van der Waals surface area contributed by atoms with Crippen molar-refractivity contribution >= 4 is 22.6 Å². The Morgan fingerprint density at radius 1 is 1.09 bits per heavy atom. The van der Waals surface area contributed by atoms with Gasteiger partial charge in [0.05, 0.1) is 13.0 Å². The molecule has 1 heterocycles. The standard InChI is InChI=1S/C18H15ClO4/c1-21-16-11-15-14(9-17(16)22-8-7-19)13(10-18(20)23-15)12-5-3-2-4-6-12/h2-6,9-11H,7-8H2,1H3. The number of hydrogen-bond donors (Lipinski definition) is 0. The van der Waals surface area contributed by atoms with Gasteiger partial charge in [-0.2, -0.15) is 0 Å². The number of alkyl halides is 1. The molecule has 4 nitrogen and oxygen atoms in total. The molecule has 0 spiro atoms. The van der Waals surface area contributed by atoms with Crippen molar-refractivity contribution in [2.75, 3.05) is 19.6 Å². The molecule has 0 amide bonds. The van der Waals surface area contributed by atoms with Crippen LogP contribution in [-0.4, -0.2) is 19.6 Å². The van der Waals surface area contributed by atoms with E-state index in [0.29, 0.717) is 29.6 Å². The summed E-state index contributed by atoms with van der Waals surface area (Å²) >= 11 is 5.69. The molecule has 0 aliphatic carbocycles. The van der Waals surface area contributed by atoms with E-state index in [4.69, 9.17) is 25.5 Å². The summed E-state index contributed by atoms with van der Waals surface area (Å²) in [5.41, 5.74) is 1.76. The lowest BCUT2D eigenvalue weighted by molar-refractivity contribution is 0.313. The molecular weight excluding hydrogens is 316 g/mol. The Morgan fingerprint density at radius 3 is 2.57 bits per heavy atom. The highest BCUT2D eigenvalue weighted by Crippen LogP contribution is 2.36. The number of ether oxygens (including phenoxy) is 2. The van der Waals surface area contributed by atoms with Crippen molar-refractivity contribution < 1.29 is 13.9 Å². The fourth-order valence-corrected chi connectivity index (χ4v) is 2.52. The topological polar surface area (TPSA) is 48.7 Å². The van der Waals surface area contributed by atoms with Gasteiger partial charge in [0, 0.05) is 17.5 Å². The zero-order valence-electron chi connectivity index (χ0n) is 12.5. The summed E-state index contributed by atoms with van der Waals surface area (Å²) in [4.78, 5) is 11.9. The van der Waals surface area contributed by atoms with Gasteiger partial charge in [0.15, 0.2) is 11.5 Å². The summed E-state index contributed by atoms with van der Waals surface area (Å²) in [6.07, 6.45) is 0. The largest absolute Gasteiger partial charge is 0.493 e. The van der Waals surface area contributed by atoms with Crippen LogP contribution in [0, 0.1) is 0 Å². The minimum atomic E-state index is -0.409. The summed E-state index contributed by atoms with van der Waals surface area (Å²) in [5, 5.41) is 0.779. The summed E-state index contributed by atoms with van der Waals surface area (Å²) < 4.78 is 16.2. The molecule has 0 unspecified atom stereocenters. The average molecular weight is 331 g/mol. The van der Waals surface area contributed by atoms with Crippen LogP contribution in [-0.2, 0) is 0 Å². The van der Waals surface area contributed by atoms with Crippen molar-refractivity contribution in [3.05, 3.63) is 59.0 Å². The molecule has 5 heteroatoms. The summed E-state index contributed by atoms with van der Waals surface area (Å²) in [6.45, 7) is 0.362. The molecule has 23 heavy (non-hydrogen) atoms. The third kappa shape index (κ3) is 3.17. The van der Waals surface area contributed by atoms with Crippen LogP contribution in [0.3, 0.4) is 0 Å². The number of fused-ring (bicyclic) bond motifs is 1. The molecule has 0 radical (unpaired) electrons. The Kier molecular flexibility index (Phi) is 4.53. The number of benzene rings is 2. The molecule has 0 aliphatic rings. The highest BCUT2D eigenvalue weighted by atomic mass is 35.5. The van der Waals surface area contributed by atoms with Gasteiger partial charge in [-0.1, -0.05) is 30.3 Å². The zero-order valence-corrected chi connectivity index (χ0v) is 13.3. The van der Waals surface area contributed by atoms with Crippen molar-refractivity contribution in [2.24, 2.45) is 0 Å². The molecule has 0 bridgehead atoms. The maximum absolute atomic E-state index is 11.9. The van der Waals surface area contributed by atoms with E-state index in [1.807, 2.05) is 36.4 Å². The lowest BCUT2D eigenvalue weighted by atomic mass is 10.0. The molecule has 0 N–H and O–H groups in total. The second-order valence-electron chi connectivity index (χ2n) is 4.88. The van der Waals surface area contributed by atoms with Gasteiger partial charge in [0.1, 0.15) is 12.2 Å². The van der Waals surface area contributed by atoms with Crippen molar-refractivity contribution in [1.82, 2.24) is 0 Å². The summed E-state index contributed by atoms with van der Waals surface area (Å²) in [5.74, 6) is 1.43. The van der Waals surface area contributed by atoms with Gasteiger partial charge in [-0.15, -0.1) is 11.6 Å². The minimum absolute atomic E-state index is 0.362. The minimum Gasteiger partial charge on any atom is -0.493 e. The van der Waals surface area contributed by atoms with Crippen LogP contribution in [0.15, 0.2) is 57.7 Å². The van der Waals surface area contributed by atoms with Crippen LogP contribution in [0.2, 0.25) is 0 Å². The molecule has 3 rings (SSSR count). The molecule has 118 valence electrons. The zero-order chi connectivity index (χ0) is 16.2. The maximum atomic E-state index is 11.9. The second-order valence-corrected chi connectivity index (χ2v) is 5.26. The first kappa shape index (κ1) is 15.4. The van der Waals surface area contributed by atoms with Crippen LogP contribution in [0.25, 0.3) is 22.1 Å². The van der Waals surface area contributed by atoms with Crippen LogP contribution in [0.4, 0.5) is 0 Å². The Balaban J connectivity index is 2.25. The lowest BCUT2D eigenvalue weighted by Gasteiger charge is -2.12. The number of methoxy groups -OCH3 is 1. The molecule has 0 saturated heterocycles.